The van der Waals surface area contributed by atoms with Gasteiger partial charge in [0.2, 0.25) is 0 Å². The van der Waals surface area contributed by atoms with Gasteiger partial charge in [0.1, 0.15) is 19.0 Å². The molecule has 0 aliphatic carbocycles. The molecule has 0 aromatic heterocycles. The smallest absolute Gasteiger partial charge is 0.195 e. The van der Waals surface area contributed by atoms with Crippen molar-refractivity contribution < 1.29 is 23.0 Å². The predicted molar refractivity (Wildman–Crippen MR) is 48.7 cm³/mol. The molecule has 0 saturated heterocycles. The lowest BCUT2D eigenvalue weighted by atomic mass is 10.3. The molecule has 0 fully saturated rings. The molecule has 0 amide bonds. The quantitative estimate of drug-likeness (QED) is 0.749. The maximum absolute atomic E-state index is 12.7. The number of carbonyl (C=O) groups is 1. The lowest BCUT2D eigenvalue weighted by molar-refractivity contribution is -0.124. The molecule has 0 aliphatic rings. The van der Waals surface area contributed by atoms with Crippen LogP contribution in [-0.2, 0) is 9.53 Å². The Morgan fingerprint density at radius 2 is 2.00 bits per heavy atom. The number of methoxy groups -OCH3 is 1. The van der Waals surface area contributed by atoms with Crippen molar-refractivity contribution in [2.24, 2.45) is 0 Å². The molecule has 0 bridgehead atoms. The highest BCUT2D eigenvalue weighted by Crippen LogP contribution is 2.15. The van der Waals surface area contributed by atoms with E-state index in [-0.39, 0.29) is 24.7 Å². The Bertz CT molecular complexity index is 353. The second-order valence-electron chi connectivity index (χ2n) is 2.84. The van der Waals surface area contributed by atoms with Gasteiger partial charge in [-0.1, -0.05) is 0 Å². The van der Waals surface area contributed by atoms with Gasteiger partial charge in [0, 0.05) is 13.2 Å². The van der Waals surface area contributed by atoms with E-state index in [9.17, 15) is 13.6 Å². The minimum Gasteiger partial charge on any atom is -0.486 e. The Morgan fingerprint density at radius 3 is 2.60 bits per heavy atom. The van der Waals surface area contributed by atoms with Gasteiger partial charge in [-0.15, -0.1) is 0 Å². The van der Waals surface area contributed by atoms with E-state index >= 15 is 0 Å². The number of hydrogen-bond acceptors (Lipinski definition) is 3. The van der Waals surface area contributed by atoms with Crippen molar-refractivity contribution in [3.63, 3.8) is 0 Å². The summed E-state index contributed by atoms with van der Waals surface area (Å²) in [6, 6.07) is 3.07. The minimum atomic E-state index is -1.01. The second kappa shape index (κ2) is 5.41. The fraction of sp³-hybridized carbons (Fsp3) is 0.300. The standard InChI is InChI=1S/C10H10F2O3/c1-14-5-7(13)6-15-8-2-3-9(11)10(12)4-8/h2-4H,5-6H2,1H3. The van der Waals surface area contributed by atoms with Gasteiger partial charge >= 0.3 is 0 Å². The van der Waals surface area contributed by atoms with Crippen LogP contribution in [0.2, 0.25) is 0 Å². The molecule has 0 saturated carbocycles. The SMILES string of the molecule is COCC(=O)COc1ccc(F)c(F)c1. The van der Waals surface area contributed by atoms with Crippen LogP contribution < -0.4 is 4.74 Å². The van der Waals surface area contributed by atoms with E-state index in [0.717, 1.165) is 12.1 Å². The number of benzene rings is 1. The van der Waals surface area contributed by atoms with E-state index in [1.165, 1.54) is 13.2 Å². The molecule has 1 aromatic rings. The van der Waals surface area contributed by atoms with E-state index in [4.69, 9.17) is 4.74 Å². The van der Waals surface area contributed by atoms with Gasteiger partial charge in [0.25, 0.3) is 0 Å². The summed E-state index contributed by atoms with van der Waals surface area (Å²) < 4.78 is 34.7. The van der Waals surface area contributed by atoms with Crippen LogP contribution >= 0.6 is 0 Å². The normalized spacial score (nSPS) is 10.1. The highest BCUT2D eigenvalue weighted by Gasteiger charge is 2.05. The lowest BCUT2D eigenvalue weighted by Gasteiger charge is -2.04. The highest BCUT2D eigenvalue weighted by molar-refractivity contribution is 5.81. The van der Waals surface area contributed by atoms with Gasteiger partial charge in [-0.3, -0.25) is 4.79 Å². The molecule has 0 unspecified atom stereocenters. The van der Waals surface area contributed by atoms with Gasteiger partial charge in [0.05, 0.1) is 0 Å². The average Bonchev–Trinajstić information content (AvgIpc) is 2.20. The Morgan fingerprint density at radius 1 is 1.27 bits per heavy atom. The predicted octanol–water partition coefficient (Wildman–Crippen LogP) is 1.56. The zero-order valence-corrected chi connectivity index (χ0v) is 8.13. The van der Waals surface area contributed by atoms with Crippen LogP contribution in [0.3, 0.4) is 0 Å². The number of halogens is 2. The first kappa shape index (κ1) is 11.6. The molecule has 0 N–H and O–H groups in total. The fourth-order valence-corrected chi connectivity index (χ4v) is 0.933. The Balaban J connectivity index is 2.51. The maximum Gasteiger partial charge on any atom is 0.195 e. The van der Waals surface area contributed by atoms with Crippen LogP contribution in [0.4, 0.5) is 8.78 Å². The first-order valence-corrected chi connectivity index (χ1v) is 4.22. The van der Waals surface area contributed by atoms with Gasteiger partial charge in [0.15, 0.2) is 17.4 Å². The number of hydrogen-bond donors (Lipinski definition) is 0. The molecule has 82 valence electrons. The number of ketones is 1. The topological polar surface area (TPSA) is 35.5 Å². The van der Waals surface area contributed by atoms with Crippen LogP contribution in [-0.4, -0.2) is 26.1 Å². The minimum absolute atomic E-state index is 0.0658. The molecule has 0 aliphatic heterocycles. The van der Waals surface area contributed by atoms with Crippen molar-refractivity contribution in [2.45, 2.75) is 0 Å². The van der Waals surface area contributed by atoms with E-state index in [1.807, 2.05) is 0 Å². The summed E-state index contributed by atoms with van der Waals surface area (Å²) >= 11 is 0. The summed E-state index contributed by atoms with van der Waals surface area (Å²) in [4.78, 5) is 11.0. The fourth-order valence-electron chi connectivity index (χ4n) is 0.933. The molecule has 0 radical (unpaired) electrons. The zero-order valence-electron chi connectivity index (χ0n) is 8.13. The highest BCUT2D eigenvalue weighted by atomic mass is 19.2. The van der Waals surface area contributed by atoms with Gasteiger partial charge in [-0.2, -0.15) is 0 Å². The molecule has 3 nitrogen and oxygen atoms in total. The van der Waals surface area contributed by atoms with Crippen molar-refractivity contribution >= 4 is 5.78 Å². The van der Waals surface area contributed by atoms with Crippen molar-refractivity contribution in [3.05, 3.63) is 29.8 Å². The van der Waals surface area contributed by atoms with Crippen molar-refractivity contribution in [1.29, 1.82) is 0 Å². The molecule has 0 spiro atoms. The van der Waals surface area contributed by atoms with Crippen LogP contribution in [0.5, 0.6) is 5.75 Å². The second-order valence-corrected chi connectivity index (χ2v) is 2.84. The summed E-state index contributed by atoms with van der Waals surface area (Å²) in [6.07, 6.45) is 0. The van der Waals surface area contributed by atoms with Crippen molar-refractivity contribution in [1.82, 2.24) is 0 Å². The lowest BCUT2D eigenvalue weighted by Crippen LogP contribution is -2.16. The summed E-state index contributed by atoms with van der Waals surface area (Å²) in [5.74, 6) is -2.13. The average molecular weight is 216 g/mol. The third-order valence-electron chi connectivity index (χ3n) is 1.60. The summed E-state index contributed by atoms with van der Waals surface area (Å²) in [5, 5.41) is 0. The van der Waals surface area contributed by atoms with Crippen molar-refractivity contribution in [2.75, 3.05) is 20.3 Å². The molecule has 15 heavy (non-hydrogen) atoms. The third kappa shape index (κ3) is 3.63. The van der Waals surface area contributed by atoms with Crippen LogP contribution in [0.25, 0.3) is 0 Å². The monoisotopic (exact) mass is 216 g/mol. The first-order valence-electron chi connectivity index (χ1n) is 4.22. The largest absolute Gasteiger partial charge is 0.486 e. The number of carbonyl (C=O) groups excluding carboxylic acids is 1. The van der Waals surface area contributed by atoms with Crippen LogP contribution in [0.1, 0.15) is 0 Å². The number of ether oxygens (including phenoxy) is 2. The molecule has 0 heterocycles. The molecule has 1 rings (SSSR count). The van der Waals surface area contributed by atoms with Crippen molar-refractivity contribution in [3.8, 4) is 5.75 Å². The zero-order chi connectivity index (χ0) is 11.3. The van der Waals surface area contributed by atoms with Crippen LogP contribution in [0, 0.1) is 11.6 Å². The van der Waals surface area contributed by atoms with E-state index in [2.05, 4.69) is 4.74 Å². The van der Waals surface area contributed by atoms with E-state index in [1.54, 1.807) is 0 Å². The van der Waals surface area contributed by atoms with Gasteiger partial charge in [-0.25, -0.2) is 8.78 Å². The third-order valence-corrected chi connectivity index (χ3v) is 1.60. The van der Waals surface area contributed by atoms with Gasteiger partial charge in [-0.05, 0) is 12.1 Å². The Hall–Kier alpha value is -1.49. The molecule has 0 atom stereocenters. The molecular formula is C10H10F2O3. The molecule has 1 aromatic carbocycles. The summed E-state index contributed by atoms with van der Waals surface area (Å²) in [6.45, 7) is -0.289. The Labute approximate surface area is 85.6 Å². The summed E-state index contributed by atoms with van der Waals surface area (Å²) in [7, 11) is 1.38. The van der Waals surface area contributed by atoms with E-state index in [0.29, 0.717) is 0 Å². The molecule has 5 heteroatoms. The summed E-state index contributed by atoms with van der Waals surface area (Å²) in [5.41, 5.74) is 0. The number of Topliss-reactive ketones (excluding diaryl/α,β-unsaturated/α-hetero) is 1. The maximum atomic E-state index is 12.7. The van der Waals surface area contributed by atoms with Crippen LogP contribution in [0.15, 0.2) is 18.2 Å². The number of rotatable bonds is 5. The Kier molecular flexibility index (Phi) is 4.17. The first-order chi connectivity index (χ1) is 7.13. The van der Waals surface area contributed by atoms with E-state index < -0.39 is 11.6 Å². The van der Waals surface area contributed by atoms with Gasteiger partial charge < -0.3 is 9.47 Å². The molecular weight excluding hydrogens is 206 g/mol.